The highest BCUT2D eigenvalue weighted by Crippen LogP contribution is 2.38. The van der Waals surface area contributed by atoms with Gasteiger partial charge in [0.1, 0.15) is 0 Å². The molecule has 100 valence electrons. The van der Waals surface area contributed by atoms with Crippen molar-refractivity contribution >= 4 is 5.91 Å². The molecule has 1 aliphatic carbocycles. The number of aliphatic hydroxyl groups is 1. The Morgan fingerprint density at radius 1 is 1.35 bits per heavy atom. The summed E-state index contributed by atoms with van der Waals surface area (Å²) in [6.07, 6.45) is 6.46. The van der Waals surface area contributed by atoms with Crippen molar-refractivity contribution in [1.29, 1.82) is 0 Å². The maximum Gasteiger partial charge on any atom is 0.225 e. The van der Waals surface area contributed by atoms with Gasteiger partial charge in [-0.25, -0.2) is 0 Å². The molecule has 1 amide bonds. The van der Waals surface area contributed by atoms with E-state index in [4.69, 9.17) is 9.84 Å². The molecule has 1 fully saturated rings. The fourth-order valence-electron chi connectivity index (χ4n) is 2.20. The summed E-state index contributed by atoms with van der Waals surface area (Å²) in [7, 11) is 3.55. The van der Waals surface area contributed by atoms with Gasteiger partial charge in [-0.15, -0.1) is 0 Å². The van der Waals surface area contributed by atoms with Gasteiger partial charge in [-0.05, 0) is 38.5 Å². The third kappa shape index (κ3) is 4.28. The summed E-state index contributed by atoms with van der Waals surface area (Å²) in [5.74, 6) is 0.176. The number of hydrogen-bond acceptors (Lipinski definition) is 3. The van der Waals surface area contributed by atoms with Gasteiger partial charge in [0.15, 0.2) is 0 Å². The minimum Gasteiger partial charge on any atom is -0.396 e. The van der Waals surface area contributed by atoms with Crippen molar-refractivity contribution in [2.45, 2.75) is 50.5 Å². The largest absolute Gasteiger partial charge is 0.396 e. The molecule has 0 aromatic rings. The minimum absolute atomic E-state index is 0.170. The zero-order valence-corrected chi connectivity index (χ0v) is 11.1. The quantitative estimate of drug-likeness (QED) is 0.658. The molecule has 0 atom stereocenters. The number of nitrogens with zero attached hydrogens (tertiary/aromatic N) is 1. The Morgan fingerprint density at radius 2 is 2.06 bits per heavy atom. The van der Waals surface area contributed by atoms with Gasteiger partial charge >= 0.3 is 0 Å². The third-order valence-electron chi connectivity index (χ3n) is 3.75. The average Bonchev–Trinajstić information content (AvgIpc) is 2.28. The van der Waals surface area contributed by atoms with Crippen LogP contribution in [0.5, 0.6) is 0 Å². The first-order chi connectivity index (χ1) is 8.13. The minimum atomic E-state index is -0.170. The molecular weight excluding hydrogens is 218 g/mol. The van der Waals surface area contributed by atoms with Crippen LogP contribution in [0.25, 0.3) is 0 Å². The Labute approximate surface area is 104 Å². The molecular formula is C13H25NO3. The SMILES string of the molecule is COC1(CC(=O)N(C)CCCCCO)CCC1. The second-order valence-electron chi connectivity index (χ2n) is 5.02. The van der Waals surface area contributed by atoms with Crippen LogP contribution in [0.1, 0.15) is 44.9 Å². The topological polar surface area (TPSA) is 49.8 Å². The molecule has 0 aromatic heterocycles. The second-order valence-corrected chi connectivity index (χ2v) is 5.02. The standard InChI is InChI=1S/C13H25NO3/c1-14(9-4-3-5-10-15)12(16)11-13(17-2)7-6-8-13/h15H,3-11H2,1-2H3. The van der Waals surface area contributed by atoms with Gasteiger partial charge in [0.2, 0.25) is 5.91 Å². The van der Waals surface area contributed by atoms with Crippen molar-refractivity contribution < 1.29 is 14.6 Å². The maximum atomic E-state index is 12.0. The maximum absolute atomic E-state index is 12.0. The van der Waals surface area contributed by atoms with E-state index in [2.05, 4.69) is 0 Å². The molecule has 4 nitrogen and oxygen atoms in total. The molecule has 0 radical (unpaired) electrons. The monoisotopic (exact) mass is 243 g/mol. The first kappa shape index (κ1) is 14.5. The summed E-state index contributed by atoms with van der Waals surface area (Å²) in [6, 6.07) is 0. The van der Waals surface area contributed by atoms with E-state index in [-0.39, 0.29) is 18.1 Å². The molecule has 0 spiro atoms. The van der Waals surface area contributed by atoms with Crippen molar-refractivity contribution in [3.8, 4) is 0 Å². The molecule has 1 rings (SSSR count). The first-order valence-electron chi connectivity index (χ1n) is 6.53. The van der Waals surface area contributed by atoms with E-state index >= 15 is 0 Å². The average molecular weight is 243 g/mol. The van der Waals surface area contributed by atoms with E-state index in [1.54, 1.807) is 12.0 Å². The summed E-state index contributed by atoms with van der Waals surface area (Å²) in [6.45, 7) is 1.02. The number of unbranched alkanes of at least 4 members (excludes halogenated alkanes) is 2. The van der Waals surface area contributed by atoms with Crippen LogP contribution in [0, 0.1) is 0 Å². The van der Waals surface area contributed by atoms with Crippen LogP contribution in [-0.4, -0.2) is 48.8 Å². The van der Waals surface area contributed by atoms with Gasteiger partial charge in [0, 0.05) is 27.3 Å². The predicted octanol–water partition coefficient (Wildman–Crippen LogP) is 1.57. The number of carbonyl (C=O) groups excluding carboxylic acids is 1. The van der Waals surface area contributed by atoms with Crippen LogP contribution in [0.3, 0.4) is 0 Å². The zero-order chi connectivity index (χ0) is 12.7. The Bertz CT molecular complexity index is 233. The number of methoxy groups -OCH3 is 1. The van der Waals surface area contributed by atoms with Crippen molar-refractivity contribution in [3.63, 3.8) is 0 Å². The van der Waals surface area contributed by atoms with Gasteiger partial charge in [-0.2, -0.15) is 0 Å². The smallest absolute Gasteiger partial charge is 0.225 e. The number of amides is 1. The number of aliphatic hydroxyl groups excluding tert-OH is 1. The molecule has 1 N–H and O–H groups in total. The van der Waals surface area contributed by atoms with Crippen molar-refractivity contribution in [3.05, 3.63) is 0 Å². The van der Waals surface area contributed by atoms with Crippen LogP contribution < -0.4 is 0 Å². The van der Waals surface area contributed by atoms with E-state index in [1.807, 2.05) is 7.05 Å². The lowest BCUT2D eigenvalue weighted by molar-refractivity contribution is -0.142. The molecule has 0 bridgehead atoms. The summed E-state index contributed by atoms with van der Waals surface area (Å²) >= 11 is 0. The van der Waals surface area contributed by atoms with E-state index in [1.165, 1.54) is 6.42 Å². The lowest BCUT2D eigenvalue weighted by Crippen LogP contribution is -2.44. The molecule has 0 aliphatic heterocycles. The highest BCUT2D eigenvalue weighted by Gasteiger charge is 2.39. The highest BCUT2D eigenvalue weighted by molar-refractivity contribution is 5.77. The third-order valence-corrected chi connectivity index (χ3v) is 3.75. The molecule has 17 heavy (non-hydrogen) atoms. The Hall–Kier alpha value is -0.610. The van der Waals surface area contributed by atoms with E-state index in [0.717, 1.165) is 38.6 Å². The molecule has 1 aliphatic rings. The second kappa shape index (κ2) is 6.97. The van der Waals surface area contributed by atoms with Gasteiger partial charge in [0.25, 0.3) is 0 Å². The lowest BCUT2D eigenvalue weighted by Gasteiger charge is -2.40. The molecule has 0 aromatic carbocycles. The summed E-state index contributed by atoms with van der Waals surface area (Å²) in [5, 5.41) is 8.67. The number of hydrogen-bond donors (Lipinski definition) is 1. The van der Waals surface area contributed by atoms with E-state index in [9.17, 15) is 4.79 Å². The first-order valence-corrected chi connectivity index (χ1v) is 6.53. The van der Waals surface area contributed by atoms with Crippen molar-refractivity contribution in [1.82, 2.24) is 4.90 Å². The van der Waals surface area contributed by atoms with E-state index in [0.29, 0.717) is 6.42 Å². The van der Waals surface area contributed by atoms with Gasteiger partial charge in [-0.3, -0.25) is 4.79 Å². The predicted molar refractivity (Wildman–Crippen MR) is 66.8 cm³/mol. The van der Waals surface area contributed by atoms with Crippen LogP contribution in [0.4, 0.5) is 0 Å². The fraction of sp³-hybridized carbons (Fsp3) is 0.923. The van der Waals surface area contributed by atoms with Gasteiger partial charge < -0.3 is 14.7 Å². The van der Waals surface area contributed by atoms with Crippen LogP contribution in [-0.2, 0) is 9.53 Å². The molecule has 0 heterocycles. The summed E-state index contributed by atoms with van der Waals surface area (Å²) in [4.78, 5) is 13.8. The van der Waals surface area contributed by atoms with E-state index < -0.39 is 0 Å². The Morgan fingerprint density at radius 3 is 2.53 bits per heavy atom. The highest BCUT2D eigenvalue weighted by atomic mass is 16.5. The number of rotatable bonds is 8. The van der Waals surface area contributed by atoms with Gasteiger partial charge in [-0.1, -0.05) is 0 Å². The number of carbonyl (C=O) groups is 1. The van der Waals surface area contributed by atoms with Crippen molar-refractivity contribution in [2.75, 3.05) is 27.3 Å². The Kier molecular flexibility index (Phi) is 5.92. The van der Waals surface area contributed by atoms with Crippen molar-refractivity contribution in [2.24, 2.45) is 0 Å². The molecule has 0 unspecified atom stereocenters. The normalized spacial score (nSPS) is 17.6. The summed E-state index contributed by atoms with van der Waals surface area (Å²) < 4.78 is 5.46. The summed E-state index contributed by atoms with van der Waals surface area (Å²) in [5.41, 5.74) is -0.170. The number of ether oxygens (including phenoxy) is 1. The fourth-order valence-corrected chi connectivity index (χ4v) is 2.20. The van der Waals surface area contributed by atoms with Gasteiger partial charge in [0.05, 0.1) is 12.0 Å². The van der Waals surface area contributed by atoms with Crippen LogP contribution in [0.15, 0.2) is 0 Å². The molecule has 0 saturated heterocycles. The zero-order valence-electron chi connectivity index (χ0n) is 11.1. The van der Waals surface area contributed by atoms with Crippen LogP contribution in [0.2, 0.25) is 0 Å². The van der Waals surface area contributed by atoms with Crippen LogP contribution >= 0.6 is 0 Å². The molecule has 1 saturated carbocycles. The molecule has 4 heteroatoms. The Balaban J connectivity index is 2.22. The lowest BCUT2D eigenvalue weighted by atomic mass is 9.77.